The molecule has 1 aromatic heterocycles. The maximum Gasteiger partial charge on any atom is 0.243 e. The molecule has 3 rings (SSSR count). The van der Waals surface area contributed by atoms with Crippen molar-refractivity contribution in [1.29, 1.82) is 0 Å². The molecule has 1 unspecified atom stereocenters. The van der Waals surface area contributed by atoms with Crippen molar-refractivity contribution in [3.63, 3.8) is 0 Å². The molecule has 0 radical (unpaired) electrons. The van der Waals surface area contributed by atoms with Crippen LogP contribution in [0.4, 0.5) is 0 Å². The van der Waals surface area contributed by atoms with Crippen molar-refractivity contribution in [1.82, 2.24) is 15.2 Å². The second kappa shape index (κ2) is 11.1. The van der Waals surface area contributed by atoms with Gasteiger partial charge < -0.3 is 15.3 Å². The van der Waals surface area contributed by atoms with E-state index < -0.39 is 12.1 Å². The highest BCUT2D eigenvalue weighted by Crippen LogP contribution is 2.30. The quantitative estimate of drug-likeness (QED) is 0.694. The number of hydrogen-bond acceptors (Lipinski definition) is 5. The van der Waals surface area contributed by atoms with Crippen molar-refractivity contribution in [2.75, 3.05) is 6.54 Å². The third-order valence-electron chi connectivity index (χ3n) is 5.96. The summed E-state index contributed by atoms with van der Waals surface area (Å²) in [4.78, 5) is 32.7. The van der Waals surface area contributed by atoms with E-state index in [1.807, 2.05) is 78.2 Å². The lowest BCUT2D eigenvalue weighted by atomic mass is 9.81. The molecule has 1 aromatic carbocycles. The molecule has 6 nitrogen and oxygen atoms in total. The summed E-state index contributed by atoms with van der Waals surface area (Å²) in [5.74, 6) is -0.535. The predicted molar refractivity (Wildman–Crippen MR) is 130 cm³/mol. The van der Waals surface area contributed by atoms with Crippen LogP contribution in [-0.4, -0.2) is 45.5 Å². The number of aliphatic hydroxyl groups is 1. The van der Waals surface area contributed by atoms with E-state index in [0.717, 1.165) is 21.7 Å². The molecule has 2 N–H and O–H groups in total. The average Bonchev–Trinajstić information content (AvgIpc) is 3.37. The number of nitrogens with zero attached hydrogens (tertiary/aromatic N) is 2. The Kier molecular flexibility index (Phi) is 8.98. The molecule has 3 atom stereocenters. The largest absolute Gasteiger partial charge is 0.391 e. The third-order valence-corrected chi connectivity index (χ3v) is 6.94. The number of β-amino-alcohol motifs (C(OH)–C–C–N with tert-alkyl or cyclic N) is 1. The molecule has 0 bridgehead atoms. The van der Waals surface area contributed by atoms with Crippen LogP contribution in [0.3, 0.4) is 0 Å². The van der Waals surface area contributed by atoms with Gasteiger partial charge in [0.1, 0.15) is 6.04 Å². The van der Waals surface area contributed by atoms with Crippen LogP contribution in [0.2, 0.25) is 0 Å². The van der Waals surface area contributed by atoms with E-state index in [1.54, 1.807) is 16.2 Å². The van der Waals surface area contributed by atoms with Gasteiger partial charge >= 0.3 is 0 Å². The Labute approximate surface area is 196 Å². The van der Waals surface area contributed by atoms with Gasteiger partial charge in [-0.15, -0.1) is 11.3 Å². The zero-order valence-corrected chi connectivity index (χ0v) is 21.1. The summed E-state index contributed by atoms with van der Waals surface area (Å²) in [6.07, 6.45) is -0.392. The molecule has 0 saturated carbocycles. The van der Waals surface area contributed by atoms with Gasteiger partial charge in [-0.3, -0.25) is 9.59 Å². The summed E-state index contributed by atoms with van der Waals surface area (Å²) in [7, 11) is 0. The van der Waals surface area contributed by atoms with Crippen LogP contribution in [0.5, 0.6) is 0 Å². The number of aryl methyl sites for hydroxylation is 1. The fraction of sp³-hybridized carbons (Fsp3) is 0.560. The maximum atomic E-state index is 12.9. The van der Waals surface area contributed by atoms with E-state index in [4.69, 9.17) is 0 Å². The molecule has 0 spiro atoms. The molecule has 7 heteroatoms. The molecular formula is C25H37N3O3S. The van der Waals surface area contributed by atoms with Crippen molar-refractivity contribution in [2.45, 2.75) is 73.6 Å². The normalized spacial score (nSPS) is 19.2. The van der Waals surface area contributed by atoms with Crippen molar-refractivity contribution >= 4 is 23.2 Å². The van der Waals surface area contributed by atoms with Crippen LogP contribution in [0.15, 0.2) is 29.8 Å². The molecule has 32 heavy (non-hydrogen) atoms. The topological polar surface area (TPSA) is 82.5 Å². The molecule has 0 aliphatic carbocycles. The van der Waals surface area contributed by atoms with Crippen LogP contribution in [0.25, 0.3) is 10.4 Å². The number of carbonyl (C=O) groups is 2. The highest BCUT2D eigenvalue weighted by molar-refractivity contribution is 7.13. The number of aliphatic hydroxyl groups excluding tert-OH is 1. The number of nitrogens with one attached hydrogen (secondary N) is 1. The predicted octanol–water partition coefficient (Wildman–Crippen LogP) is 4.40. The smallest absolute Gasteiger partial charge is 0.243 e. The van der Waals surface area contributed by atoms with Gasteiger partial charge in [0.05, 0.1) is 22.2 Å². The first-order valence-corrected chi connectivity index (χ1v) is 12.2. The van der Waals surface area contributed by atoms with Crippen molar-refractivity contribution in [3.05, 3.63) is 41.0 Å². The number of benzene rings is 1. The fourth-order valence-corrected chi connectivity index (χ4v) is 4.40. The molecule has 2 aromatic rings. The molecule has 176 valence electrons. The minimum Gasteiger partial charge on any atom is -0.391 e. The zero-order valence-electron chi connectivity index (χ0n) is 20.3. The highest BCUT2D eigenvalue weighted by Gasteiger charge is 2.42. The Morgan fingerprint density at radius 1 is 1.25 bits per heavy atom. The van der Waals surface area contributed by atoms with Gasteiger partial charge in [0, 0.05) is 25.4 Å². The molecule has 1 aliphatic rings. The standard InChI is InChI=1S/C23H31N3O3S.C2H6/c1-14(23(3,4)5)22(29)26-12-18(27)10-19(26)21(28)24-11-16-6-8-17(9-7-16)20-15(2)25-13-30-20;1-2/h6-9,13-14,18-19,27H,10-12H2,1-5H3,(H,24,28);1-2H3/t14?,18-,19+;/m1./s1. The van der Waals surface area contributed by atoms with Gasteiger partial charge in [-0.2, -0.15) is 0 Å². The van der Waals surface area contributed by atoms with Crippen molar-refractivity contribution < 1.29 is 14.7 Å². The van der Waals surface area contributed by atoms with Gasteiger partial charge in [-0.25, -0.2) is 4.98 Å². The first kappa shape index (κ1) is 26.0. The van der Waals surface area contributed by atoms with Gasteiger partial charge in [0.15, 0.2) is 0 Å². The van der Waals surface area contributed by atoms with Crippen LogP contribution in [0.1, 0.15) is 59.2 Å². The zero-order chi connectivity index (χ0) is 24.1. The van der Waals surface area contributed by atoms with Gasteiger partial charge in [0.2, 0.25) is 11.8 Å². The Morgan fingerprint density at radius 2 is 1.88 bits per heavy atom. The minimum absolute atomic E-state index is 0.0801. The number of rotatable bonds is 5. The van der Waals surface area contributed by atoms with E-state index in [0.29, 0.717) is 6.54 Å². The molecule has 1 fully saturated rings. The summed E-state index contributed by atoms with van der Waals surface area (Å²) in [6.45, 7) is 14.5. The molecule has 1 saturated heterocycles. The van der Waals surface area contributed by atoms with Crippen LogP contribution >= 0.6 is 11.3 Å². The molecule has 2 amide bonds. The van der Waals surface area contributed by atoms with Crippen LogP contribution in [0, 0.1) is 18.3 Å². The number of carbonyl (C=O) groups excluding carboxylic acids is 2. The Morgan fingerprint density at radius 3 is 2.41 bits per heavy atom. The van der Waals surface area contributed by atoms with Crippen LogP contribution < -0.4 is 5.32 Å². The van der Waals surface area contributed by atoms with Crippen molar-refractivity contribution in [2.24, 2.45) is 11.3 Å². The molecule has 1 aliphatic heterocycles. The van der Waals surface area contributed by atoms with E-state index in [9.17, 15) is 14.7 Å². The highest BCUT2D eigenvalue weighted by atomic mass is 32.1. The van der Waals surface area contributed by atoms with Gasteiger partial charge in [-0.05, 0) is 23.5 Å². The second-order valence-corrected chi connectivity index (χ2v) is 10.0. The molecule has 2 heterocycles. The maximum absolute atomic E-state index is 12.9. The lowest BCUT2D eigenvalue weighted by Crippen LogP contribution is -2.49. The van der Waals surface area contributed by atoms with E-state index in [2.05, 4.69) is 10.3 Å². The molecular weight excluding hydrogens is 422 g/mol. The number of hydrogen-bond donors (Lipinski definition) is 2. The van der Waals surface area contributed by atoms with Gasteiger partial charge in [-0.1, -0.05) is 65.8 Å². The van der Waals surface area contributed by atoms with Crippen molar-refractivity contribution in [3.8, 4) is 10.4 Å². The number of amides is 2. The lowest BCUT2D eigenvalue weighted by molar-refractivity contribution is -0.144. The first-order valence-electron chi connectivity index (χ1n) is 11.3. The number of thiazole rings is 1. The summed E-state index contributed by atoms with van der Waals surface area (Å²) in [6, 6.07) is 7.41. The van der Waals surface area contributed by atoms with Gasteiger partial charge in [0.25, 0.3) is 0 Å². The van der Waals surface area contributed by atoms with E-state index in [1.165, 1.54) is 0 Å². The number of likely N-dealkylation sites (tertiary alicyclic amines) is 1. The van der Waals surface area contributed by atoms with E-state index in [-0.39, 0.29) is 36.1 Å². The summed E-state index contributed by atoms with van der Waals surface area (Å²) < 4.78 is 0. The summed E-state index contributed by atoms with van der Waals surface area (Å²) >= 11 is 1.61. The second-order valence-electron chi connectivity index (χ2n) is 9.17. The Balaban J connectivity index is 0.00000176. The van der Waals surface area contributed by atoms with Crippen LogP contribution in [-0.2, 0) is 16.1 Å². The van der Waals surface area contributed by atoms with E-state index >= 15 is 0 Å². The lowest BCUT2D eigenvalue weighted by Gasteiger charge is -2.32. The fourth-order valence-electron chi connectivity index (χ4n) is 3.58. The number of aromatic nitrogens is 1. The summed E-state index contributed by atoms with van der Waals surface area (Å²) in [5, 5.41) is 13.0. The average molecular weight is 460 g/mol. The first-order chi connectivity index (χ1) is 15.1. The SMILES string of the molecule is CC.Cc1ncsc1-c1ccc(CNC(=O)[C@@H]2C[C@@H](O)CN2C(=O)C(C)C(C)(C)C)cc1. The Bertz CT molecular complexity index is 902. The third kappa shape index (κ3) is 6.17. The summed E-state index contributed by atoms with van der Waals surface area (Å²) in [5.41, 5.74) is 4.73. The minimum atomic E-state index is -0.668. The Hall–Kier alpha value is -2.25. The monoisotopic (exact) mass is 459 g/mol.